The number of allylic oxidation sites excluding steroid dienone is 2. The van der Waals surface area contributed by atoms with Gasteiger partial charge in [-0.3, -0.25) is 4.79 Å². The monoisotopic (exact) mass is 478 g/mol. The average molecular weight is 479 g/mol. The van der Waals surface area contributed by atoms with Gasteiger partial charge in [-0.1, -0.05) is 29.8 Å². The molecule has 0 aromatic heterocycles. The van der Waals surface area contributed by atoms with Crippen LogP contribution in [0.5, 0.6) is 17.2 Å². The number of hydrogen-bond donors (Lipinski definition) is 2. The van der Waals surface area contributed by atoms with Crippen LogP contribution in [0.15, 0.2) is 60.2 Å². The number of carbonyl (C=O) groups is 2. The van der Waals surface area contributed by atoms with Crippen molar-refractivity contribution in [1.82, 2.24) is 0 Å². The second-order valence-corrected chi connectivity index (χ2v) is 8.25. The van der Waals surface area contributed by atoms with Crippen LogP contribution in [-0.4, -0.2) is 36.2 Å². The molecule has 182 valence electrons. The van der Waals surface area contributed by atoms with Crippen molar-refractivity contribution >= 4 is 11.8 Å². The standard InChI is InChI=1S/C28H27FO6/c1-16(2)8-10-21-22(27(28(32)33)25(31)15-26(21)35-4)14-24(30)18-7-5-6-17(12-18)20-11-9-19(34-3)13-23(20)29/h5-9,11-13,15,31H,10,14H2,1-4H3,(H,32,33). The minimum absolute atomic E-state index is 0.179. The summed E-state index contributed by atoms with van der Waals surface area (Å²) in [5, 5.41) is 20.2. The van der Waals surface area contributed by atoms with Gasteiger partial charge in [0.1, 0.15) is 28.6 Å². The van der Waals surface area contributed by atoms with Crippen molar-refractivity contribution < 1.29 is 33.7 Å². The topological polar surface area (TPSA) is 93.1 Å². The Kier molecular flexibility index (Phi) is 7.91. The van der Waals surface area contributed by atoms with Crippen molar-refractivity contribution in [2.75, 3.05) is 14.2 Å². The number of aromatic carboxylic acids is 1. The molecule has 0 heterocycles. The number of hydrogen-bond acceptors (Lipinski definition) is 5. The molecule has 0 aliphatic rings. The van der Waals surface area contributed by atoms with E-state index in [1.165, 1.54) is 26.4 Å². The number of rotatable bonds is 9. The molecule has 0 aliphatic carbocycles. The molecule has 0 saturated heterocycles. The van der Waals surface area contributed by atoms with Crippen LogP contribution >= 0.6 is 0 Å². The van der Waals surface area contributed by atoms with Crippen LogP contribution in [0.25, 0.3) is 11.1 Å². The number of carbonyl (C=O) groups excluding carboxylic acids is 1. The lowest BCUT2D eigenvalue weighted by atomic mass is 9.90. The Balaban J connectivity index is 2.07. The predicted molar refractivity (Wildman–Crippen MR) is 131 cm³/mol. The molecule has 0 radical (unpaired) electrons. The quantitative estimate of drug-likeness (QED) is 0.296. The summed E-state index contributed by atoms with van der Waals surface area (Å²) in [5.74, 6) is -2.03. The Morgan fingerprint density at radius 1 is 1.00 bits per heavy atom. The molecule has 3 aromatic carbocycles. The van der Waals surface area contributed by atoms with Crippen molar-refractivity contribution in [3.05, 3.63) is 88.3 Å². The van der Waals surface area contributed by atoms with E-state index < -0.39 is 17.5 Å². The molecule has 0 unspecified atom stereocenters. The summed E-state index contributed by atoms with van der Waals surface area (Å²) in [6.45, 7) is 3.80. The lowest BCUT2D eigenvalue weighted by molar-refractivity contribution is 0.0692. The Bertz CT molecular complexity index is 1310. The van der Waals surface area contributed by atoms with E-state index in [0.29, 0.717) is 34.6 Å². The first kappa shape index (κ1) is 25.5. The predicted octanol–water partition coefficient (Wildman–Crippen LogP) is 5.85. The first-order valence-corrected chi connectivity index (χ1v) is 10.9. The van der Waals surface area contributed by atoms with Crippen LogP contribution in [0.1, 0.15) is 45.7 Å². The molecule has 0 saturated carbocycles. The molecule has 0 bridgehead atoms. The number of Topliss-reactive ketones (excluding diaryl/α,β-unsaturated/α-hetero) is 1. The third kappa shape index (κ3) is 5.69. The second kappa shape index (κ2) is 10.9. The minimum atomic E-state index is -1.35. The molecule has 3 aromatic rings. The van der Waals surface area contributed by atoms with Crippen LogP contribution < -0.4 is 9.47 Å². The zero-order valence-electron chi connectivity index (χ0n) is 20.0. The summed E-state index contributed by atoms with van der Waals surface area (Å²) in [7, 11) is 2.86. The lowest BCUT2D eigenvalue weighted by Gasteiger charge is -2.17. The van der Waals surface area contributed by atoms with Crippen molar-refractivity contribution in [3.8, 4) is 28.4 Å². The maximum absolute atomic E-state index is 14.6. The van der Waals surface area contributed by atoms with Gasteiger partial charge in [0, 0.05) is 35.2 Å². The molecule has 0 spiro atoms. The van der Waals surface area contributed by atoms with Crippen molar-refractivity contribution in [1.29, 1.82) is 0 Å². The van der Waals surface area contributed by atoms with E-state index in [-0.39, 0.29) is 28.9 Å². The number of carboxylic acid groups (broad SMARTS) is 1. The number of ketones is 1. The molecule has 35 heavy (non-hydrogen) atoms. The number of carboxylic acids is 1. The summed E-state index contributed by atoms with van der Waals surface area (Å²) >= 11 is 0. The van der Waals surface area contributed by atoms with Gasteiger partial charge in [-0.05, 0) is 49.6 Å². The maximum Gasteiger partial charge on any atom is 0.339 e. The smallest absolute Gasteiger partial charge is 0.339 e. The van der Waals surface area contributed by atoms with Gasteiger partial charge in [0.05, 0.1) is 14.2 Å². The van der Waals surface area contributed by atoms with E-state index in [2.05, 4.69) is 0 Å². The molecular weight excluding hydrogens is 451 g/mol. The SMILES string of the molecule is COc1ccc(-c2cccc(C(=O)Cc3c(CC=C(C)C)c(OC)cc(O)c3C(=O)O)c2)c(F)c1. The fourth-order valence-corrected chi connectivity index (χ4v) is 3.86. The van der Waals surface area contributed by atoms with Crippen LogP contribution in [0.4, 0.5) is 4.39 Å². The summed E-state index contributed by atoms with van der Waals surface area (Å²) in [6.07, 6.45) is 1.93. The molecule has 0 fully saturated rings. The van der Waals surface area contributed by atoms with Gasteiger partial charge in [0.25, 0.3) is 0 Å². The molecule has 3 rings (SSSR count). The number of benzene rings is 3. The number of aromatic hydroxyl groups is 1. The zero-order valence-corrected chi connectivity index (χ0v) is 20.0. The second-order valence-electron chi connectivity index (χ2n) is 8.25. The van der Waals surface area contributed by atoms with Gasteiger partial charge in [-0.15, -0.1) is 0 Å². The van der Waals surface area contributed by atoms with E-state index in [0.717, 1.165) is 5.57 Å². The highest BCUT2D eigenvalue weighted by Crippen LogP contribution is 2.35. The van der Waals surface area contributed by atoms with Crippen molar-refractivity contribution in [3.63, 3.8) is 0 Å². The molecular formula is C28H27FO6. The highest BCUT2D eigenvalue weighted by molar-refractivity contribution is 6.02. The van der Waals surface area contributed by atoms with E-state index in [1.807, 2.05) is 19.9 Å². The summed E-state index contributed by atoms with van der Waals surface area (Å²) in [5.41, 5.74) is 2.43. The molecule has 6 nitrogen and oxygen atoms in total. The highest BCUT2D eigenvalue weighted by Gasteiger charge is 2.25. The molecule has 0 atom stereocenters. The molecule has 0 amide bonds. The molecule has 2 N–H and O–H groups in total. The van der Waals surface area contributed by atoms with Gasteiger partial charge < -0.3 is 19.7 Å². The van der Waals surface area contributed by atoms with E-state index in [1.54, 1.807) is 36.4 Å². The average Bonchev–Trinajstić information content (AvgIpc) is 2.82. The fraction of sp³-hybridized carbons (Fsp3) is 0.214. The van der Waals surface area contributed by atoms with Gasteiger partial charge in [0.2, 0.25) is 0 Å². The van der Waals surface area contributed by atoms with Crippen molar-refractivity contribution in [2.45, 2.75) is 26.7 Å². The number of ether oxygens (including phenoxy) is 2. The van der Waals surface area contributed by atoms with E-state index in [4.69, 9.17) is 9.47 Å². The summed E-state index contributed by atoms with van der Waals surface area (Å²) in [4.78, 5) is 25.3. The largest absolute Gasteiger partial charge is 0.507 e. The number of methoxy groups -OCH3 is 2. The van der Waals surface area contributed by atoms with Gasteiger partial charge in [-0.25, -0.2) is 9.18 Å². The van der Waals surface area contributed by atoms with Crippen LogP contribution in [0, 0.1) is 5.82 Å². The van der Waals surface area contributed by atoms with E-state index in [9.17, 15) is 24.2 Å². The first-order valence-electron chi connectivity index (χ1n) is 10.9. The summed E-state index contributed by atoms with van der Waals surface area (Å²) < 4.78 is 25.0. The first-order chi connectivity index (χ1) is 16.7. The van der Waals surface area contributed by atoms with Crippen LogP contribution in [0.2, 0.25) is 0 Å². The number of phenols is 1. The lowest BCUT2D eigenvalue weighted by Crippen LogP contribution is -2.13. The third-order valence-corrected chi connectivity index (χ3v) is 5.64. The van der Waals surface area contributed by atoms with Gasteiger partial charge in [0.15, 0.2) is 5.78 Å². The Labute approximate surface area is 203 Å². The van der Waals surface area contributed by atoms with Crippen molar-refractivity contribution in [2.24, 2.45) is 0 Å². The molecule has 0 aliphatic heterocycles. The summed E-state index contributed by atoms with van der Waals surface area (Å²) in [6, 6.07) is 12.2. The Morgan fingerprint density at radius 3 is 2.34 bits per heavy atom. The van der Waals surface area contributed by atoms with E-state index >= 15 is 0 Å². The normalized spacial score (nSPS) is 10.5. The van der Waals surface area contributed by atoms with Gasteiger partial charge >= 0.3 is 5.97 Å². The number of halogens is 1. The Hall–Kier alpha value is -4.13. The highest BCUT2D eigenvalue weighted by atomic mass is 19.1. The molecule has 7 heteroatoms. The maximum atomic E-state index is 14.6. The zero-order chi connectivity index (χ0) is 25.7. The fourth-order valence-electron chi connectivity index (χ4n) is 3.86. The van der Waals surface area contributed by atoms with Gasteiger partial charge in [-0.2, -0.15) is 0 Å². The Morgan fingerprint density at radius 2 is 1.74 bits per heavy atom. The van der Waals surface area contributed by atoms with Crippen LogP contribution in [-0.2, 0) is 12.8 Å². The minimum Gasteiger partial charge on any atom is -0.507 e. The third-order valence-electron chi connectivity index (χ3n) is 5.64. The van der Waals surface area contributed by atoms with Crippen LogP contribution in [0.3, 0.4) is 0 Å².